The van der Waals surface area contributed by atoms with Crippen molar-refractivity contribution in [3.05, 3.63) is 39.8 Å². The van der Waals surface area contributed by atoms with E-state index in [1.54, 1.807) is 10.9 Å². The molecule has 0 bridgehead atoms. The number of hydrogen-bond acceptors (Lipinski definition) is 4. The van der Waals surface area contributed by atoms with Gasteiger partial charge in [0.25, 0.3) is 5.91 Å². The zero-order valence-corrected chi connectivity index (χ0v) is 15.3. The second-order valence-electron chi connectivity index (χ2n) is 7.20. The van der Waals surface area contributed by atoms with Crippen molar-refractivity contribution >= 4 is 23.2 Å². The lowest BCUT2D eigenvalue weighted by molar-refractivity contribution is -0.121. The lowest BCUT2D eigenvalue weighted by Crippen LogP contribution is -2.52. The molecule has 2 aliphatic heterocycles. The molecule has 0 radical (unpaired) electrons. The number of aryl methyl sites for hydroxylation is 2. The first-order chi connectivity index (χ1) is 12.0. The quantitative estimate of drug-likeness (QED) is 0.894. The van der Waals surface area contributed by atoms with E-state index in [2.05, 4.69) is 10.4 Å². The highest BCUT2D eigenvalue weighted by Gasteiger charge is 2.47. The first-order valence-electron chi connectivity index (χ1n) is 8.61. The number of aromatic nitrogens is 2. The Labute approximate surface area is 150 Å². The van der Waals surface area contributed by atoms with Crippen LogP contribution in [0.4, 0.5) is 0 Å². The minimum Gasteiger partial charge on any atom is -0.350 e. The van der Waals surface area contributed by atoms with E-state index in [1.807, 2.05) is 36.5 Å². The lowest BCUT2D eigenvalue weighted by Gasteiger charge is -2.39. The van der Waals surface area contributed by atoms with Crippen LogP contribution in [-0.2, 0) is 11.8 Å². The molecule has 1 spiro atoms. The average molecular weight is 358 g/mol. The molecule has 25 heavy (non-hydrogen) atoms. The minimum absolute atomic E-state index is 0.0851. The SMILES string of the molecule is Cc1ccsc1C(=O)N1CCC2(CC1)CC(c1cnn(C)c1)C(=O)N2. The third-order valence-electron chi connectivity index (χ3n) is 5.49. The highest BCUT2D eigenvalue weighted by atomic mass is 32.1. The monoisotopic (exact) mass is 358 g/mol. The number of carbonyl (C=O) groups is 2. The van der Waals surface area contributed by atoms with Gasteiger partial charge >= 0.3 is 0 Å². The molecule has 132 valence electrons. The Morgan fingerprint density at radius 3 is 2.76 bits per heavy atom. The summed E-state index contributed by atoms with van der Waals surface area (Å²) in [5.74, 6) is 0.0767. The molecule has 0 saturated carbocycles. The van der Waals surface area contributed by atoms with Crippen LogP contribution in [0.25, 0.3) is 0 Å². The highest BCUT2D eigenvalue weighted by molar-refractivity contribution is 7.12. The maximum Gasteiger partial charge on any atom is 0.264 e. The first kappa shape index (κ1) is 16.3. The molecule has 2 aliphatic rings. The summed E-state index contributed by atoms with van der Waals surface area (Å²) in [5, 5.41) is 9.37. The molecule has 2 aromatic rings. The van der Waals surface area contributed by atoms with Gasteiger partial charge in [-0.1, -0.05) is 0 Å². The molecular formula is C18H22N4O2S. The second kappa shape index (κ2) is 5.98. The Morgan fingerprint density at radius 1 is 1.40 bits per heavy atom. The van der Waals surface area contributed by atoms with Crippen molar-refractivity contribution in [2.24, 2.45) is 7.05 Å². The number of likely N-dealkylation sites (tertiary alicyclic amines) is 1. The third-order valence-corrected chi connectivity index (χ3v) is 6.50. The number of rotatable bonds is 2. The van der Waals surface area contributed by atoms with Gasteiger partial charge in [0.1, 0.15) is 0 Å². The van der Waals surface area contributed by atoms with E-state index in [9.17, 15) is 9.59 Å². The van der Waals surface area contributed by atoms with Crippen LogP contribution in [0.3, 0.4) is 0 Å². The maximum atomic E-state index is 12.7. The van der Waals surface area contributed by atoms with Gasteiger partial charge in [-0.2, -0.15) is 5.10 Å². The molecule has 4 rings (SSSR count). The summed E-state index contributed by atoms with van der Waals surface area (Å²) in [6, 6.07) is 1.99. The van der Waals surface area contributed by atoms with Crippen molar-refractivity contribution < 1.29 is 9.59 Å². The Kier molecular flexibility index (Phi) is 3.91. The standard InChI is InChI=1S/C18H22N4O2S/c1-12-3-8-25-15(12)17(24)22-6-4-18(5-7-22)9-14(16(23)20-18)13-10-19-21(2)11-13/h3,8,10-11,14H,4-7,9H2,1-2H3,(H,20,23). The zero-order valence-electron chi connectivity index (χ0n) is 14.5. The van der Waals surface area contributed by atoms with Crippen LogP contribution < -0.4 is 5.32 Å². The van der Waals surface area contributed by atoms with E-state index in [0.29, 0.717) is 13.1 Å². The van der Waals surface area contributed by atoms with Gasteiger partial charge in [-0.3, -0.25) is 14.3 Å². The third kappa shape index (κ3) is 2.86. The van der Waals surface area contributed by atoms with Crippen LogP contribution >= 0.6 is 11.3 Å². The van der Waals surface area contributed by atoms with E-state index in [-0.39, 0.29) is 23.3 Å². The van der Waals surface area contributed by atoms with Gasteiger partial charge in [-0.15, -0.1) is 11.3 Å². The molecule has 2 fully saturated rings. The second-order valence-corrected chi connectivity index (χ2v) is 8.11. The minimum atomic E-state index is -0.182. The molecule has 1 unspecified atom stereocenters. The van der Waals surface area contributed by atoms with Gasteiger partial charge in [0.15, 0.2) is 0 Å². The van der Waals surface area contributed by atoms with E-state index in [1.165, 1.54) is 11.3 Å². The molecule has 1 N–H and O–H groups in total. The predicted octanol–water partition coefficient (Wildman–Crippen LogP) is 2.07. The number of hydrogen-bond donors (Lipinski definition) is 1. The summed E-state index contributed by atoms with van der Waals surface area (Å²) in [6.45, 7) is 3.36. The average Bonchev–Trinajstić information content (AvgIpc) is 3.28. The van der Waals surface area contributed by atoms with Crippen LogP contribution in [0.15, 0.2) is 23.8 Å². The van der Waals surface area contributed by atoms with Gasteiger partial charge in [0.05, 0.1) is 17.0 Å². The smallest absolute Gasteiger partial charge is 0.264 e. The predicted molar refractivity (Wildman–Crippen MR) is 95.6 cm³/mol. The maximum absolute atomic E-state index is 12.7. The fraction of sp³-hybridized carbons (Fsp3) is 0.500. The molecule has 0 aromatic carbocycles. The normalized spacial score (nSPS) is 22.4. The van der Waals surface area contributed by atoms with Crippen molar-refractivity contribution in [3.8, 4) is 0 Å². The number of carbonyl (C=O) groups excluding carboxylic acids is 2. The largest absolute Gasteiger partial charge is 0.350 e. The summed E-state index contributed by atoms with van der Waals surface area (Å²) >= 11 is 1.51. The number of amides is 2. The van der Waals surface area contributed by atoms with Crippen molar-refractivity contribution in [1.82, 2.24) is 20.0 Å². The lowest BCUT2D eigenvalue weighted by atomic mass is 9.82. The number of nitrogens with one attached hydrogen (secondary N) is 1. The van der Waals surface area contributed by atoms with Gasteiger partial charge in [0, 0.05) is 37.4 Å². The number of thiophene rings is 1. The highest BCUT2D eigenvalue weighted by Crippen LogP contribution is 2.39. The Bertz CT molecular complexity index is 817. The van der Waals surface area contributed by atoms with Crippen molar-refractivity contribution in [2.75, 3.05) is 13.1 Å². The molecule has 2 amide bonds. The summed E-state index contributed by atoms with van der Waals surface area (Å²) < 4.78 is 1.73. The Morgan fingerprint density at radius 2 is 2.16 bits per heavy atom. The molecule has 0 aliphatic carbocycles. The Hall–Kier alpha value is -2.15. The molecule has 2 aromatic heterocycles. The van der Waals surface area contributed by atoms with Crippen LogP contribution in [0, 0.1) is 6.92 Å². The Balaban J connectivity index is 1.44. The van der Waals surface area contributed by atoms with Crippen LogP contribution in [0.5, 0.6) is 0 Å². The van der Waals surface area contributed by atoms with Crippen molar-refractivity contribution in [3.63, 3.8) is 0 Å². The summed E-state index contributed by atoms with van der Waals surface area (Å²) in [6.07, 6.45) is 6.11. The molecule has 4 heterocycles. The van der Waals surface area contributed by atoms with Crippen LogP contribution in [0.1, 0.15) is 46.0 Å². The molecule has 1 atom stereocenters. The van der Waals surface area contributed by atoms with Crippen LogP contribution in [0.2, 0.25) is 0 Å². The van der Waals surface area contributed by atoms with Gasteiger partial charge in [-0.25, -0.2) is 0 Å². The fourth-order valence-electron chi connectivity index (χ4n) is 3.97. The first-order valence-corrected chi connectivity index (χ1v) is 9.49. The van der Waals surface area contributed by atoms with Gasteiger partial charge in [0.2, 0.25) is 5.91 Å². The molecule has 2 saturated heterocycles. The molecular weight excluding hydrogens is 336 g/mol. The van der Waals surface area contributed by atoms with Gasteiger partial charge < -0.3 is 10.2 Å². The topological polar surface area (TPSA) is 67.2 Å². The van der Waals surface area contributed by atoms with E-state index in [0.717, 1.165) is 35.3 Å². The summed E-state index contributed by atoms with van der Waals surface area (Å²) in [5.41, 5.74) is 1.84. The van der Waals surface area contributed by atoms with E-state index >= 15 is 0 Å². The number of nitrogens with zero attached hydrogens (tertiary/aromatic N) is 3. The summed E-state index contributed by atoms with van der Waals surface area (Å²) in [4.78, 5) is 27.9. The zero-order chi connectivity index (χ0) is 17.6. The molecule has 7 heteroatoms. The summed E-state index contributed by atoms with van der Waals surface area (Å²) in [7, 11) is 1.86. The van der Waals surface area contributed by atoms with Crippen molar-refractivity contribution in [1.29, 1.82) is 0 Å². The van der Waals surface area contributed by atoms with E-state index < -0.39 is 0 Å². The molecule has 6 nitrogen and oxygen atoms in total. The fourth-order valence-corrected chi connectivity index (χ4v) is 4.87. The van der Waals surface area contributed by atoms with Gasteiger partial charge in [-0.05, 0) is 43.2 Å². The number of piperidine rings is 1. The van der Waals surface area contributed by atoms with E-state index in [4.69, 9.17) is 0 Å². The van der Waals surface area contributed by atoms with Crippen LogP contribution in [-0.4, -0.2) is 45.1 Å². The van der Waals surface area contributed by atoms with Crippen molar-refractivity contribution in [2.45, 2.75) is 37.6 Å².